The molecule has 5 heteroatoms. The number of guanidine groups is 1. The maximum Gasteiger partial charge on any atom is 0.191 e. The van der Waals surface area contributed by atoms with E-state index < -0.39 is 0 Å². The predicted octanol–water partition coefficient (Wildman–Crippen LogP) is 2.32. The minimum absolute atomic E-state index is 0. The van der Waals surface area contributed by atoms with Crippen LogP contribution in [0, 0.1) is 0 Å². The SMILES string of the molecule is C=CCSCCN=C(N)N1CCCCC1.I. The van der Waals surface area contributed by atoms with E-state index in [-0.39, 0.29) is 24.0 Å². The van der Waals surface area contributed by atoms with Crippen molar-refractivity contribution in [2.24, 2.45) is 10.7 Å². The predicted molar refractivity (Wildman–Crippen MR) is 84.9 cm³/mol. The van der Waals surface area contributed by atoms with Gasteiger partial charge in [-0.15, -0.1) is 30.6 Å². The smallest absolute Gasteiger partial charge is 0.191 e. The molecule has 1 rings (SSSR count). The van der Waals surface area contributed by atoms with Crippen molar-refractivity contribution in [2.45, 2.75) is 19.3 Å². The first-order valence-corrected chi connectivity index (χ1v) is 6.73. The molecule has 3 nitrogen and oxygen atoms in total. The molecule has 0 aliphatic carbocycles. The van der Waals surface area contributed by atoms with Crippen LogP contribution in [0.3, 0.4) is 0 Å². The number of thioether (sulfide) groups is 1. The summed E-state index contributed by atoms with van der Waals surface area (Å²) in [6.45, 7) is 6.65. The Bertz CT molecular complexity index is 215. The molecule has 0 bridgehead atoms. The number of nitrogens with two attached hydrogens (primary N) is 1. The van der Waals surface area contributed by atoms with Gasteiger partial charge in [-0.1, -0.05) is 6.08 Å². The third-order valence-electron chi connectivity index (χ3n) is 2.43. The molecule has 94 valence electrons. The van der Waals surface area contributed by atoms with Gasteiger partial charge in [0.05, 0.1) is 6.54 Å². The average molecular weight is 355 g/mol. The van der Waals surface area contributed by atoms with E-state index in [1.165, 1.54) is 19.3 Å². The van der Waals surface area contributed by atoms with Crippen LogP contribution in [0.1, 0.15) is 19.3 Å². The summed E-state index contributed by atoms with van der Waals surface area (Å²) >= 11 is 1.84. The second-order valence-electron chi connectivity index (χ2n) is 3.65. The van der Waals surface area contributed by atoms with Gasteiger partial charge in [0.25, 0.3) is 0 Å². The molecule has 16 heavy (non-hydrogen) atoms. The van der Waals surface area contributed by atoms with Gasteiger partial charge >= 0.3 is 0 Å². The number of piperidine rings is 1. The maximum absolute atomic E-state index is 5.91. The molecule has 0 atom stereocenters. The van der Waals surface area contributed by atoms with Crippen LogP contribution in [-0.4, -0.2) is 42.0 Å². The molecule has 0 aromatic heterocycles. The number of halogens is 1. The Morgan fingerprint density at radius 3 is 2.69 bits per heavy atom. The summed E-state index contributed by atoms with van der Waals surface area (Å²) in [7, 11) is 0. The Kier molecular flexibility index (Phi) is 10.3. The minimum Gasteiger partial charge on any atom is -0.370 e. The summed E-state index contributed by atoms with van der Waals surface area (Å²) in [6, 6.07) is 0. The van der Waals surface area contributed by atoms with Crippen LogP contribution < -0.4 is 5.73 Å². The van der Waals surface area contributed by atoms with E-state index in [1.54, 1.807) is 0 Å². The van der Waals surface area contributed by atoms with Crippen LogP contribution in [-0.2, 0) is 0 Å². The lowest BCUT2D eigenvalue weighted by molar-refractivity contribution is 0.338. The van der Waals surface area contributed by atoms with Crippen molar-refractivity contribution < 1.29 is 0 Å². The Hall–Kier alpha value is 0.0900. The lowest BCUT2D eigenvalue weighted by Gasteiger charge is -2.27. The third-order valence-corrected chi connectivity index (χ3v) is 3.37. The Morgan fingerprint density at radius 2 is 2.06 bits per heavy atom. The molecule has 1 aliphatic heterocycles. The summed E-state index contributed by atoms with van der Waals surface area (Å²) in [5.41, 5.74) is 5.91. The monoisotopic (exact) mass is 355 g/mol. The summed E-state index contributed by atoms with van der Waals surface area (Å²) in [6.07, 6.45) is 5.75. The zero-order valence-electron chi connectivity index (χ0n) is 9.73. The molecule has 0 radical (unpaired) electrons. The molecule has 1 aliphatic rings. The molecule has 0 amide bonds. The van der Waals surface area contributed by atoms with Gasteiger partial charge in [-0.3, -0.25) is 4.99 Å². The number of rotatable bonds is 5. The van der Waals surface area contributed by atoms with Gasteiger partial charge in [0.1, 0.15) is 0 Å². The van der Waals surface area contributed by atoms with Gasteiger partial charge in [0, 0.05) is 24.6 Å². The molecule has 0 saturated carbocycles. The van der Waals surface area contributed by atoms with Crippen molar-refractivity contribution in [1.29, 1.82) is 0 Å². The zero-order chi connectivity index (χ0) is 10.9. The van der Waals surface area contributed by atoms with Crippen LogP contribution in [0.5, 0.6) is 0 Å². The van der Waals surface area contributed by atoms with Crippen LogP contribution >= 0.6 is 35.7 Å². The standard InChI is InChI=1S/C11H21N3S.HI/c1-2-9-15-10-6-13-11(12)14-7-4-3-5-8-14;/h2H,1,3-10H2,(H2,12,13);1H. The molecular weight excluding hydrogens is 333 g/mol. The minimum atomic E-state index is 0. The van der Waals surface area contributed by atoms with Gasteiger partial charge in [0.2, 0.25) is 0 Å². The van der Waals surface area contributed by atoms with Crippen molar-refractivity contribution in [3.63, 3.8) is 0 Å². The zero-order valence-corrected chi connectivity index (χ0v) is 12.9. The van der Waals surface area contributed by atoms with E-state index in [9.17, 15) is 0 Å². The summed E-state index contributed by atoms with van der Waals surface area (Å²) < 4.78 is 0. The van der Waals surface area contributed by atoms with E-state index in [1.807, 2.05) is 17.8 Å². The molecule has 0 unspecified atom stereocenters. The van der Waals surface area contributed by atoms with Gasteiger partial charge in [0.15, 0.2) is 5.96 Å². The van der Waals surface area contributed by atoms with E-state index >= 15 is 0 Å². The molecule has 2 N–H and O–H groups in total. The largest absolute Gasteiger partial charge is 0.370 e. The van der Waals surface area contributed by atoms with Crippen molar-refractivity contribution in [3.05, 3.63) is 12.7 Å². The lowest BCUT2D eigenvalue weighted by atomic mass is 10.1. The molecule has 0 spiro atoms. The first-order chi connectivity index (χ1) is 7.34. The normalized spacial score (nSPS) is 16.8. The number of hydrogen-bond donors (Lipinski definition) is 1. The van der Waals surface area contributed by atoms with Crippen LogP contribution in [0.2, 0.25) is 0 Å². The fourth-order valence-electron chi connectivity index (χ4n) is 1.61. The highest BCUT2D eigenvalue weighted by Gasteiger charge is 2.11. The van der Waals surface area contributed by atoms with Crippen LogP contribution in [0.15, 0.2) is 17.6 Å². The first-order valence-electron chi connectivity index (χ1n) is 5.58. The van der Waals surface area contributed by atoms with Gasteiger partial charge in [-0.2, -0.15) is 11.8 Å². The molecule has 0 aromatic carbocycles. The van der Waals surface area contributed by atoms with Crippen molar-refractivity contribution >= 4 is 41.7 Å². The molecule has 1 fully saturated rings. The van der Waals surface area contributed by atoms with Gasteiger partial charge in [-0.25, -0.2) is 0 Å². The fraction of sp³-hybridized carbons (Fsp3) is 0.727. The quantitative estimate of drug-likeness (QED) is 0.271. The Labute approximate surface area is 120 Å². The first kappa shape index (κ1) is 16.1. The third kappa shape index (κ3) is 6.62. The number of likely N-dealkylation sites (tertiary alicyclic amines) is 1. The summed E-state index contributed by atoms with van der Waals surface area (Å²) in [5.74, 6) is 2.76. The Morgan fingerprint density at radius 1 is 1.38 bits per heavy atom. The van der Waals surface area contributed by atoms with Crippen molar-refractivity contribution in [3.8, 4) is 0 Å². The van der Waals surface area contributed by atoms with Crippen LogP contribution in [0.25, 0.3) is 0 Å². The molecule has 1 saturated heterocycles. The molecule has 0 aromatic rings. The van der Waals surface area contributed by atoms with Gasteiger partial charge < -0.3 is 10.6 Å². The highest BCUT2D eigenvalue weighted by Crippen LogP contribution is 2.08. The summed E-state index contributed by atoms with van der Waals surface area (Å²) in [4.78, 5) is 6.58. The number of aliphatic imine (C=N–C) groups is 1. The van der Waals surface area contributed by atoms with Crippen LogP contribution in [0.4, 0.5) is 0 Å². The Balaban J connectivity index is 0.00000225. The lowest BCUT2D eigenvalue weighted by Crippen LogP contribution is -2.41. The fourth-order valence-corrected chi connectivity index (χ4v) is 2.17. The molecular formula is C11H22IN3S. The highest BCUT2D eigenvalue weighted by atomic mass is 127. The summed E-state index contributed by atoms with van der Waals surface area (Å²) in [5, 5.41) is 0. The topological polar surface area (TPSA) is 41.6 Å². The van der Waals surface area contributed by atoms with E-state index in [4.69, 9.17) is 5.73 Å². The van der Waals surface area contributed by atoms with Gasteiger partial charge in [-0.05, 0) is 19.3 Å². The second kappa shape index (κ2) is 10.3. The van der Waals surface area contributed by atoms with Crippen molar-refractivity contribution in [2.75, 3.05) is 31.1 Å². The second-order valence-corrected chi connectivity index (χ2v) is 4.80. The highest BCUT2D eigenvalue weighted by molar-refractivity contribution is 14.0. The van der Waals surface area contributed by atoms with Crippen molar-refractivity contribution in [1.82, 2.24) is 4.90 Å². The van der Waals surface area contributed by atoms with E-state index in [0.29, 0.717) is 0 Å². The average Bonchev–Trinajstić information content (AvgIpc) is 2.30. The number of hydrogen-bond acceptors (Lipinski definition) is 2. The maximum atomic E-state index is 5.91. The molecule has 1 heterocycles. The van der Waals surface area contributed by atoms with E-state index in [0.717, 1.165) is 37.1 Å². The van der Waals surface area contributed by atoms with E-state index in [2.05, 4.69) is 16.5 Å². The number of nitrogens with zero attached hydrogens (tertiary/aromatic N) is 2.